The molecule has 0 bridgehead atoms. The van der Waals surface area contributed by atoms with E-state index < -0.39 is 0 Å². The Bertz CT molecular complexity index is 437. The highest BCUT2D eigenvalue weighted by atomic mass is 32.2. The van der Waals surface area contributed by atoms with Crippen LogP contribution < -0.4 is 0 Å². The fourth-order valence-electron chi connectivity index (χ4n) is 1.30. The Hall–Kier alpha value is -1.29. The van der Waals surface area contributed by atoms with Gasteiger partial charge in [-0.1, -0.05) is 37.3 Å². The summed E-state index contributed by atoms with van der Waals surface area (Å²) in [6.45, 7) is 4.25. The number of benzene rings is 1. The smallest absolute Gasteiger partial charge is 0.0927 e. The van der Waals surface area contributed by atoms with Crippen LogP contribution in [-0.4, -0.2) is 15.0 Å². The van der Waals surface area contributed by atoms with Gasteiger partial charge < -0.3 is 0 Å². The van der Waals surface area contributed by atoms with Crippen LogP contribution in [0.5, 0.6) is 0 Å². The van der Waals surface area contributed by atoms with Crippen molar-refractivity contribution in [2.45, 2.75) is 30.5 Å². The average molecular weight is 233 g/mol. The Labute approximate surface area is 99.9 Å². The lowest BCUT2D eigenvalue weighted by Gasteiger charge is -2.00. The second-order valence-corrected chi connectivity index (χ2v) is 4.94. The number of hydrogen-bond donors (Lipinski definition) is 0. The van der Waals surface area contributed by atoms with Gasteiger partial charge in [-0.25, -0.2) is 4.68 Å². The zero-order chi connectivity index (χ0) is 11.4. The van der Waals surface area contributed by atoms with Gasteiger partial charge in [-0.2, -0.15) is 0 Å². The van der Waals surface area contributed by atoms with E-state index in [-0.39, 0.29) is 0 Å². The molecule has 0 unspecified atom stereocenters. The van der Waals surface area contributed by atoms with E-state index in [1.54, 1.807) is 11.8 Å². The third-order valence-electron chi connectivity index (χ3n) is 2.25. The van der Waals surface area contributed by atoms with Crippen LogP contribution in [0.1, 0.15) is 25.5 Å². The van der Waals surface area contributed by atoms with Gasteiger partial charge in [-0.15, -0.1) is 16.9 Å². The minimum atomic E-state index is 0.440. The summed E-state index contributed by atoms with van der Waals surface area (Å²) in [5.41, 5.74) is 1.05. The predicted molar refractivity (Wildman–Crippen MR) is 66.4 cm³/mol. The average Bonchev–Trinajstić information content (AvgIpc) is 2.76. The van der Waals surface area contributed by atoms with Gasteiger partial charge in [0.1, 0.15) is 0 Å². The number of rotatable bonds is 4. The first kappa shape index (κ1) is 11.2. The van der Waals surface area contributed by atoms with Crippen LogP contribution in [0.25, 0.3) is 0 Å². The van der Waals surface area contributed by atoms with Crippen LogP contribution in [0.3, 0.4) is 0 Å². The molecule has 1 aromatic carbocycles. The zero-order valence-corrected chi connectivity index (χ0v) is 10.3. The van der Waals surface area contributed by atoms with Crippen molar-refractivity contribution in [2.75, 3.05) is 0 Å². The van der Waals surface area contributed by atoms with Crippen molar-refractivity contribution < 1.29 is 0 Å². The van der Waals surface area contributed by atoms with Gasteiger partial charge in [0, 0.05) is 11.1 Å². The summed E-state index contributed by atoms with van der Waals surface area (Å²) in [4.78, 5) is 1.25. The molecule has 0 radical (unpaired) electrons. The first-order chi connectivity index (χ1) is 7.75. The summed E-state index contributed by atoms with van der Waals surface area (Å²) in [6.07, 6.45) is 2.01. The van der Waals surface area contributed by atoms with E-state index >= 15 is 0 Å². The molecule has 0 spiro atoms. The third kappa shape index (κ3) is 2.85. The lowest BCUT2D eigenvalue weighted by molar-refractivity contribution is 0.698. The van der Waals surface area contributed by atoms with Gasteiger partial charge in [0.05, 0.1) is 11.6 Å². The molecule has 2 aromatic rings. The molecule has 84 valence electrons. The SMILES string of the molecule is CC(C)c1cn(CSc2ccccc2)nn1. The summed E-state index contributed by atoms with van der Waals surface area (Å²) in [6, 6.07) is 10.3. The first-order valence-corrected chi connectivity index (χ1v) is 6.32. The van der Waals surface area contributed by atoms with Gasteiger partial charge in [0.25, 0.3) is 0 Å². The highest BCUT2D eigenvalue weighted by Gasteiger charge is 2.04. The third-order valence-corrected chi connectivity index (χ3v) is 3.25. The minimum Gasteiger partial charge on any atom is -0.242 e. The molecule has 4 heteroatoms. The molecule has 0 aliphatic heterocycles. The van der Waals surface area contributed by atoms with Crippen LogP contribution in [-0.2, 0) is 5.88 Å². The van der Waals surface area contributed by atoms with Crippen molar-refractivity contribution in [3.05, 3.63) is 42.2 Å². The summed E-state index contributed by atoms with van der Waals surface area (Å²) in [7, 11) is 0. The summed E-state index contributed by atoms with van der Waals surface area (Å²) < 4.78 is 1.88. The molecule has 16 heavy (non-hydrogen) atoms. The van der Waals surface area contributed by atoms with E-state index in [1.807, 2.05) is 29.1 Å². The molecule has 0 N–H and O–H groups in total. The van der Waals surface area contributed by atoms with E-state index in [4.69, 9.17) is 0 Å². The van der Waals surface area contributed by atoms with Crippen LogP contribution in [0, 0.1) is 0 Å². The molecular formula is C12H15N3S. The van der Waals surface area contributed by atoms with Crippen LogP contribution in [0.4, 0.5) is 0 Å². The van der Waals surface area contributed by atoms with Crippen molar-refractivity contribution in [1.29, 1.82) is 0 Å². The lowest BCUT2D eigenvalue weighted by atomic mass is 10.2. The number of aromatic nitrogens is 3. The summed E-state index contributed by atoms with van der Waals surface area (Å²) in [5.74, 6) is 1.25. The number of thioether (sulfide) groups is 1. The van der Waals surface area contributed by atoms with E-state index in [2.05, 4.69) is 36.3 Å². The lowest BCUT2D eigenvalue weighted by Crippen LogP contribution is -1.94. The summed E-state index contributed by atoms with van der Waals surface area (Å²) >= 11 is 1.76. The molecule has 0 aliphatic carbocycles. The Morgan fingerprint density at radius 1 is 1.25 bits per heavy atom. The highest BCUT2D eigenvalue weighted by Crippen LogP contribution is 2.19. The topological polar surface area (TPSA) is 30.7 Å². The molecular weight excluding hydrogens is 218 g/mol. The van der Waals surface area contributed by atoms with Crippen molar-refractivity contribution in [1.82, 2.24) is 15.0 Å². The quantitative estimate of drug-likeness (QED) is 0.760. The Balaban J connectivity index is 1.95. The molecule has 2 rings (SSSR count). The second-order valence-electron chi connectivity index (χ2n) is 3.92. The molecule has 0 fully saturated rings. The molecule has 3 nitrogen and oxygen atoms in total. The standard InChI is InChI=1S/C12H15N3S/c1-10(2)12-8-15(14-13-12)9-16-11-6-4-3-5-7-11/h3-8,10H,9H2,1-2H3. The fourth-order valence-corrected chi connectivity index (χ4v) is 2.06. The molecule has 0 atom stereocenters. The first-order valence-electron chi connectivity index (χ1n) is 5.33. The molecule has 0 aliphatic rings. The van der Waals surface area contributed by atoms with Crippen molar-refractivity contribution >= 4 is 11.8 Å². The zero-order valence-electron chi connectivity index (χ0n) is 9.50. The van der Waals surface area contributed by atoms with Crippen molar-refractivity contribution in [3.63, 3.8) is 0 Å². The monoisotopic (exact) mass is 233 g/mol. The van der Waals surface area contributed by atoms with E-state index in [1.165, 1.54) is 4.90 Å². The van der Waals surface area contributed by atoms with Gasteiger partial charge >= 0.3 is 0 Å². The fraction of sp³-hybridized carbons (Fsp3) is 0.333. The highest BCUT2D eigenvalue weighted by molar-refractivity contribution is 7.98. The molecule has 0 saturated carbocycles. The van der Waals surface area contributed by atoms with E-state index in [9.17, 15) is 0 Å². The van der Waals surface area contributed by atoms with Crippen LogP contribution >= 0.6 is 11.8 Å². The van der Waals surface area contributed by atoms with Crippen molar-refractivity contribution in [2.24, 2.45) is 0 Å². The Morgan fingerprint density at radius 3 is 2.62 bits per heavy atom. The molecule has 0 amide bonds. The Kier molecular flexibility index (Phi) is 3.62. The van der Waals surface area contributed by atoms with Gasteiger partial charge in [-0.3, -0.25) is 0 Å². The van der Waals surface area contributed by atoms with Gasteiger partial charge in [0.2, 0.25) is 0 Å². The molecule has 0 saturated heterocycles. The predicted octanol–water partition coefficient (Wildman–Crippen LogP) is 3.15. The maximum atomic E-state index is 4.13. The normalized spacial score (nSPS) is 10.9. The van der Waals surface area contributed by atoms with E-state index in [0.29, 0.717) is 5.92 Å². The number of hydrogen-bond acceptors (Lipinski definition) is 3. The minimum absolute atomic E-state index is 0.440. The molecule has 1 heterocycles. The van der Waals surface area contributed by atoms with Crippen molar-refractivity contribution in [3.8, 4) is 0 Å². The van der Waals surface area contributed by atoms with Crippen LogP contribution in [0.2, 0.25) is 0 Å². The maximum Gasteiger partial charge on any atom is 0.0927 e. The van der Waals surface area contributed by atoms with Crippen LogP contribution in [0.15, 0.2) is 41.4 Å². The largest absolute Gasteiger partial charge is 0.242 e. The number of nitrogens with zero attached hydrogens (tertiary/aromatic N) is 3. The molecule has 1 aromatic heterocycles. The van der Waals surface area contributed by atoms with E-state index in [0.717, 1.165) is 11.6 Å². The second kappa shape index (κ2) is 5.16. The van der Waals surface area contributed by atoms with Gasteiger partial charge in [-0.05, 0) is 18.1 Å². The Morgan fingerprint density at radius 2 is 2.00 bits per heavy atom. The summed E-state index contributed by atoms with van der Waals surface area (Å²) in [5, 5.41) is 8.23. The van der Waals surface area contributed by atoms with Gasteiger partial charge in [0.15, 0.2) is 0 Å². The maximum absolute atomic E-state index is 4.13.